The Morgan fingerprint density at radius 2 is 2.00 bits per heavy atom. The third-order valence-corrected chi connectivity index (χ3v) is 10.6. The van der Waals surface area contributed by atoms with Crippen LogP contribution in [0.3, 0.4) is 0 Å². The minimum atomic E-state index is -0.803. The fourth-order valence-electron chi connectivity index (χ4n) is 7.80. The number of nitrogen functional groups attached to an aromatic ring is 1. The van der Waals surface area contributed by atoms with Crippen LogP contribution in [0.1, 0.15) is 85.7 Å². The van der Waals surface area contributed by atoms with E-state index in [1.54, 1.807) is 11.3 Å². The number of rotatable bonds is 5. The molecule has 5 heterocycles. The molecule has 7 rings (SSSR count). The molecule has 4 aromatic rings. The maximum atomic E-state index is 11.0. The van der Waals surface area contributed by atoms with E-state index in [9.17, 15) is 10.4 Å². The number of aryl methyl sites for hydroxylation is 1. The van der Waals surface area contributed by atoms with E-state index in [1.165, 1.54) is 4.88 Å². The van der Waals surface area contributed by atoms with Gasteiger partial charge in [-0.25, -0.2) is 14.6 Å². The first-order chi connectivity index (χ1) is 20.6. The molecule has 1 saturated heterocycles. The lowest BCUT2D eigenvalue weighted by Crippen LogP contribution is -2.46. The van der Waals surface area contributed by atoms with Gasteiger partial charge in [-0.15, -0.1) is 11.3 Å². The summed E-state index contributed by atoms with van der Waals surface area (Å²) in [6.45, 7) is 6.11. The zero-order valence-electron chi connectivity index (χ0n) is 25.4. The number of piperidine rings is 1. The topological polar surface area (TPSA) is 146 Å². The van der Waals surface area contributed by atoms with Gasteiger partial charge in [0.05, 0.1) is 34.2 Å². The molecule has 43 heavy (non-hydrogen) atoms. The summed E-state index contributed by atoms with van der Waals surface area (Å²) in [6.07, 6.45) is 8.97. The zero-order valence-corrected chi connectivity index (χ0v) is 26.2. The van der Waals surface area contributed by atoms with E-state index in [0.29, 0.717) is 28.6 Å². The molecular formula is C31H39N9O2S. The largest absolute Gasteiger partial charge is 0.389 e. The van der Waals surface area contributed by atoms with Crippen molar-refractivity contribution in [2.45, 2.75) is 82.3 Å². The summed E-state index contributed by atoms with van der Waals surface area (Å²) in [7, 11) is 4.10. The van der Waals surface area contributed by atoms with E-state index in [0.717, 1.165) is 98.2 Å². The smallest absolute Gasteiger partial charge is 0.186 e. The van der Waals surface area contributed by atoms with Crippen LogP contribution in [-0.4, -0.2) is 74.2 Å². The van der Waals surface area contributed by atoms with E-state index in [2.05, 4.69) is 42.0 Å². The van der Waals surface area contributed by atoms with Gasteiger partial charge in [-0.05, 0) is 84.9 Å². The van der Waals surface area contributed by atoms with E-state index >= 15 is 0 Å². The molecule has 3 atom stereocenters. The van der Waals surface area contributed by atoms with Gasteiger partial charge in [-0.2, -0.15) is 10.4 Å². The zero-order chi connectivity index (χ0) is 30.1. The Morgan fingerprint density at radius 3 is 2.74 bits per heavy atom. The van der Waals surface area contributed by atoms with Crippen molar-refractivity contribution in [2.24, 2.45) is 0 Å². The molecule has 1 spiro atoms. The molecule has 3 N–H and O–H groups in total. The molecular weight excluding hydrogens is 562 g/mol. The third kappa shape index (κ3) is 4.51. The fourth-order valence-corrected chi connectivity index (χ4v) is 8.96. The second-order valence-electron chi connectivity index (χ2n) is 13.2. The summed E-state index contributed by atoms with van der Waals surface area (Å²) < 4.78 is 8.26. The second-order valence-corrected chi connectivity index (χ2v) is 14.3. The Balaban J connectivity index is 1.40. The standard InChI is InChI=1S/C31H39N9O2S/c1-18(16-38(3)4)40-29-21(15-34-40)28(39-13-7-10-30(2,41)17-39)35-27(36-29)24-19-8-5-11-31(25(19)42-37-24)12-6-9-22-23(31)20(14-32)26(33)43-22/h15,18,41H,5-13,16-17,33H2,1-4H3. The molecule has 11 nitrogen and oxygen atoms in total. The van der Waals surface area contributed by atoms with Crippen LogP contribution in [0.4, 0.5) is 10.8 Å². The molecule has 0 amide bonds. The van der Waals surface area contributed by atoms with Crippen LogP contribution in [0.2, 0.25) is 0 Å². The minimum absolute atomic E-state index is 0.0798. The highest BCUT2D eigenvalue weighted by atomic mass is 32.1. The van der Waals surface area contributed by atoms with Gasteiger partial charge < -0.3 is 25.2 Å². The van der Waals surface area contributed by atoms with E-state index in [4.69, 9.17) is 25.3 Å². The number of aliphatic hydroxyl groups is 1. The summed E-state index contributed by atoms with van der Waals surface area (Å²) in [4.78, 5) is 15.7. The van der Waals surface area contributed by atoms with Crippen molar-refractivity contribution in [3.63, 3.8) is 0 Å². The number of hydrogen-bond donors (Lipinski definition) is 2. The normalized spacial score (nSPS) is 24.3. The van der Waals surface area contributed by atoms with Gasteiger partial charge in [-0.3, -0.25) is 0 Å². The van der Waals surface area contributed by atoms with Crippen LogP contribution >= 0.6 is 11.3 Å². The quantitative estimate of drug-likeness (QED) is 0.337. The molecule has 0 bridgehead atoms. The van der Waals surface area contributed by atoms with Crippen molar-refractivity contribution in [2.75, 3.05) is 44.4 Å². The van der Waals surface area contributed by atoms with Crippen molar-refractivity contribution in [3.05, 3.63) is 33.5 Å². The summed E-state index contributed by atoms with van der Waals surface area (Å²) in [6, 6.07) is 2.48. The molecule has 0 radical (unpaired) electrons. The molecule has 226 valence electrons. The van der Waals surface area contributed by atoms with Gasteiger partial charge in [0, 0.05) is 30.1 Å². The van der Waals surface area contributed by atoms with Gasteiger partial charge in [0.1, 0.15) is 16.9 Å². The first-order valence-corrected chi connectivity index (χ1v) is 16.1. The van der Waals surface area contributed by atoms with Crippen LogP contribution in [0.5, 0.6) is 0 Å². The number of β-amino-alcohol motifs (C(OH)–C–C–N with tert-alkyl or cyclic N) is 1. The lowest BCUT2D eigenvalue weighted by Gasteiger charge is -2.39. The Kier molecular flexibility index (Phi) is 6.76. The monoisotopic (exact) mass is 601 g/mol. The number of thiophene rings is 1. The highest BCUT2D eigenvalue weighted by molar-refractivity contribution is 7.16. The van der Waals surface area contributed by atoms with Gasteiger partial charge in [0.2, 0.25) is 0 Å². The second kappa shape index (κ2) is 10.3. The Labute approximate surface area is 255 Å². The van der Waals surface area contributed by atoms with Gasteiger partial charge in [0.15, 0.2) is 22.9 Å². The number of nitriles is 1. The van der Waals surface area contributed by atoms with E-state index in [-0.39, 0.29) is 6.04 Å². The first-order valence-electron chi connectivity index (χ1n) is 15.3. The van der Waals surface area contributed by atoms with Crippen molar-refractivity contribution >= 4 is 33.2 Å². The van der Waals surface area contributed by atoms with E-state index < -0.39 is 11.0 Å². The van der Waals surface area contributed by atoms with Crippen LogP contribution in [0, 0.1) is 11.3 Å². The molecule has 12 heteroatoms. The van der Waals surface area contributed by atoms with Crippen molar-refractivity contribution in [1.29, 1.82) is 5.26 Å². The lowest BCUT2D eigenvalue weighted by atomic mass is 9.63. The maximum Gasteiger partial charge on any atom is 0.186 e. The highest BCUT2D eigenvalue weighted by Crippen LogP contribution is 2.55. The minimum Gasteiger partial charge on any atom is -0.389 e. The Morgan fingerprint density at radius 1 is 1.21 bits per heavy atom. The Hall–Kier alpha value is -3.53. The average molecular weight is 602 g/mol. The fraction of sp³-hybridized carbons (Fsp3) is 0.581. The molecule has 0 saturated carbocycles. The molecule has 1 fully saturated rings. The molecule has 4 aromatic heterocycles. The molecule has 1 aliphatic heterocycles. The molecule has 0 aromatic carbocycles. The predicted molar refractivity (Wildman–Crippen MR) is 166 cm³/mol. The van der Waals surface area contributed by atoms with Gasteiger partial charge in [0.25, 0.3) is 0 Å². The number of nitrogens with zero attached hydrogens (tertiary/aromatic N) is 8. The molecule has 3 aliphatic rings. The number of nitrogens with two attached hydrogens (primary N) is 1. The number of anilines is 2. The average Bonchev–Trinajstić information content (AvgIpc) is 3.67. The molecule has 3 unspecified atom stereocenters. The van der Waals surface area contributed by atoms with Crippen LogP contribution in [-0.2, 0) is 18.3 Å². The van der Waals surface area contributed by atoms with Crippen LogP contribution in [0.15, 0.2) is 10.7 Å². The van der Waals surface area contributed by atoms with Crippen LogP contribution < -0.4 is 10.6 Å². The summed E-state index contributed by atoms with van der Waals surface area (Å²) in [5, 5.41) is 32.0. The summed E-state index contributed by atoms with van der Waals surface area (Å²) in [5.41, 5.74) is 9.22. The van der Waals surface area contributed by atoms with Gasteiger partial charge in [-0.1, -0.05) is 5.16 Å². The third-order valence-electron chi connectivity index (χ3n) is 9.53. The predicted octanol–water partition coefficient (Wildman–Crippen LogP) is 4.43. The van der Waals surface area contributed by atoms with E-state index in [1.807, 2.05) is 17.8 Å². The maximum absolute atomic E-state index is 11.0. The van der Waals surface area contributed by atoms with Gasteiger partial charge >= 0.3 is 0 Å². The van der Waals surface area contributed by atoms with Crippen molar-refractivity contribution in [1.82, 2.24) is 29.8 Å². The summed E-state index contributed by atoms with van der Waals surface area (Å²) >= 11 is 1.54. The first kappa shape index (κ1) is 28.3. The highest BCUT2D eigenvalue weighted by Gasteiger charge is 2.49. The van der Waals surface area contributed by atoms with Crippen molar-refractivity contribution in [3.8, 4) is 17.6 Å². The summed E-state index contributed by atoms with van der Waals surface area (Å²) in [5.74, 6) is 2.11. The lowest BCUT2D eigenvalue weighted by molar-refractivity contribution is 0.0448. The van der Waals surface area contributed by atoms with Crippen molar-refractivity contribution < 1.29 is 9.63 Å². The van der Waals surface area contributed by atoms with Crippen LogP contribution in [0.25, 0.3) is 22.6 Å². The number of hydrogen-bond acceptors (Lipinski definition) is 11. The Bertz CT molecular complexity index is 1740. The SMILES string of the molecule is CC(CN(C)C)n1ncc2c(N3CCCC(C)(O)C3)nc(-c3noc4c3CCCC43CCCc4sc(N)c(C#N)c43)nc21. The molecule has 2 aliphatic carbocycles. The number of fused-ring (bicyclic) bond motifs is 5. The number of likely N-dealkylation sites (N-methyl/N-ethyl adjacent to an activating group) is 1. The number of aromatic nitrogens is 5.